The molecule has 1 aliphatic rings. The SMILES string of the molecule is C[C@@H](C(=O)NCc1ccccc1)n1ncc(N2CCCCC2)cc1=O. The number of carbonyl (C=O) groups is 1. The molecule has 0 radical (unpaired) electrons. The molecule has 0 bridgehead atoms. The topological polar surface area (TPSA) is 67.2 Å². The predicted octanol–water partition coefficient (Wildman–Crippen LogP) is 2.11. The lowest BCUT2D eigenvalue weighted by molar-refractivity contribution is -0.124. The fraction of sp³-hybridized carbons (Fsp3) is 0.421. The summed E-state index contributed by atoms with van der Waals surface area (Å²) in [6.45, 7) is 4.04. The Labute approximate surface area is 147 Å². The molecule has 1 fully saturated rings. The molecule has 1 aromatic carbocycles. The Morgan fingerprint density at radius 1 is 1.20 bits per heavy atom. The number of nitrogens with zero attached hydrogens (tertiary/aromatic N) is 3. The van der Waals surface area contributed by atoms with Gasteiger partial charge in [-0.15, -0.1) is 0 Å². The van der Waals surface area contributed by atoms with E-state index in [0.29, 0.717) is 6.54 Å². The van der Waals surface area contributed by atoms with Gasteiger partial charge in [-0.05, 0) is 31.7 Å². The van der Waals surface area contributed by atoms with Gasteiger partial charge in [-0.2, -0.15) is 5.10 Å². The molecule has 6 nitrogen and oxygen atoms in total. The molecular weight excluding hydrogens is 316 g/mol. The maximum atomic E-state index is 12.4. The summed E-state index contributed by atoms with van der Waals surface area (Å²) >= 11 is 0. The van der Waals surface area contributed by atoms with Crippen LogP contribution in [0.25, 0.3) is 0 Å². The van der Waals surface area contributed by atoms with E-state index < -0.39 is 6.04 Å². The van der Waals surface area contributed by atoms with Crippen LogP contribution in [-0.2, 0) is 11.3 Å². The van der Waals surface area contributed by atoms with Gasteiger partial charge >= 0.3 is 0 Å². The molecule has 0 unspecified atom stereocenters. The van der Waals surface area contributed by atoms with Crippen LogP contribution in [0, 0.1) is 0 Å². The molecule has 1 atom stereocenters. The molecule has 132 valence electrons. The Morgan fingerprint density at radius 3 is 2.60 bits per heavy atom. The van der Waals surface area contributed by atoms with E-state index in [4.69, 9.17) is 0 Å². The first-order valence-corrected chi connectivity index (χ1v) is 8.80. The lowest BCUT2D eigenvalue weighted by Gasteiger charge is -2.28. The van der Waals surface area contributed by atoms with Crippen LogP contribution >= 0.6 is 0 Å². The molecule has 1 amide bonds. The second-order valence-electron chi connectivity index (χ2n) is 6.42. The van der Waals surface area contributed by atoms with Crippen molar-refractivity contribution in [2.45, 2.75) is 38.8 Å². The van der Waals surface area contributed by atoms with Crippen molar-refractivity contribution in [3.8, 4) is 0 Å². The number of hydrogen-bond donors (Lipinski definition) is 1. The van der Waals surface area contributed by atoms with Gasteiger partial charge in [0.05, 0.1) is 11.9 Å². The Bertz CT molecular complexity index is 766. The molecule has 0 spiro atoms. The van der Waals surface area contributed by atoms with Crippen LogP contribution in [-0.4, -0.2) is 28.8 Å². The summed E-state index contributed by atoms with van der Waals surface area (Å²) < 4.78 is 1.24. The molecule has 1 saturated heterocycles. The number of hydrogen-bond acceptors (Lipinski definition) is 4. The number of nitrogens with one attached hydrogen (secondary N) is 1. The minimum Gasteiger partial charge on any atom is -0.370 e. The van der Waals surface area contributed by atoms with Gasteiger partial charge in [-0.1, -0.05) is 30.3 Å². The van der Waals surface area contributed by atoms with Crippen LogP contribution in [0.2, 0.25) is 0 Å². The fourth-order valence-corrected chi connectivity index (χ4v) is 3.07. The van der Waals surface area contributed by atoms with Crippen molar-refractivity contribution in [2.75, 3.05) is 18.0 Å². The maximum Gasteiger partial charge on any atom is 0.269 e. The van der Waals surface area contributed by atoms with Crippen molar-refractivity contribution in [2.24, 2.45) is 0 Å². The molecule has 1 N–H and O–H groups in total. The van der Waals surface area contributed by atoms with Crippen LogP contribution in [0.5, 0.6) is 0 Å². The molecule has 25 heavy (non-hydrogen) atoms. The van der Waals surface area contributed by atoms with Crippen molar-refractivity contribution in [3.63, 3.8) is 0 Å². The minimum atomic E-state index is -0.647. The van der Waals surface area contributed by atoms with Crippen LogP contribution in [0.1, 0.15) is 37.8 Å². The van der Waals surface area contributed by atoms with E-state index >= 15 is 0 Å². The quantitative estimate of drug-likeness (QED) is 0.905. The summed E-state index contributed by atoms with van der Waals surface area (Å²) in [4.78, 5) is 26.9. The zero-order chi connectivity index (χ0) is 17.6. The van der Waals surface area contributed by atoms with Crippen LogP contribution in [0.4, 0.5) is 5.69 Å². The first-order chi connectivity index (χ1) is 12.1. The molecule has 6 heteroatoms. The van der Waals surface area contributed by atoms with Gasteiger partial charge in [0.2, 0.25) is 5.91 Å². The summed E-state index contributed by atoms with van der Waals surface area (Å²) in [5.74, 6) is -0.218. The van der Waals surface area contributed by atoms with Crippen molar-refractivity contribution in [1.29, 1.82) is 0 Å². The maximum absolute atomic E-state index is 12.4. The number of carbonyl (C=O) groups excluding carboxylic acids is 1. The molecule has 1 aliphatic heterocycles. The number of piperidine rings is 1. The zero-order valence-electron chi connectivity index (χ0n) is 14.5. The van der Waals surface area contributed by atoms with Crippen LogP contribution < -0.4 is 15.8 Å². The summed E-state index contributed by atoms with van der Waals surface area (Å²) in [7, 11) is 0. The van der Waals surface area contributed by atoms with Gasteiger partial charge < -0.3 is 10.2 Å². The summed E-state index contributed by atoms with van der Waals surface area (Å²) in [6.07, 6.45) is 5.20. The van der Waals surface area contributed by atoms with Gasteiger partial charge in [0, 0.05) is 25.7 Å². The first-order valence-electron chi connectivity index (χ1n) is 8.80. The molecular formula is C19H24N4O2. The highest BCUT2D eigenvalue weighted by Gasteiger charge is 2.18. The van der Waals surface area contributed by atoms with Gasteiger partial charge in [0.15, 0.2) is 0 Å². The molecule has 0 aliphatic carbocycles. The number of benzene rings is 1. The third-order valence-electron chi connectivity index (χ3n) is 4.59. The second kappa shape index (κ2) is 7.96. The van der Waals surface area contributed by atoms with Crippen molar-refractivity contribution in [3.05, 3.63) is 58.5 Å². The highest BCUT2D eigenvalue weighted by molar-refractivity contribution is 5.79. The third-order valence-corrected chi connectivity index (χ3v) is 4.59. The van der Waals surface area contributed by atoms with Gasteiger partial charge in [-0.25, -0.2) is 4.68 Å². The number of amides is 1. The fourth-order valence-electron chi connectivity index (χ4n) is 3.07. The van der Waals surface area contributed by atoms with E-state index in [0.717, 1.165) is 37.2 Å². The number of aromatic nitrogens is 2. The van der Waals surface area contributed by atoms with E-state index in [9.17, 15) is 9.59 Å². The van der Waals surface area contributed by atoms with Crippen LogP contribution in [0.15, 0.2) is 47.4 Å². The van der Waals surface area contributed by atoms with E-state index in [1.54, 1.807) is 19.2 Å². The molecule has 2 heterocycles. The minimum absolute atomic E-state index is 0.218. The largest absolute Gasteiger partial charge is 0.370 e. The smallest absolute Gasteiger partial charge is 0.269 e. The van der Waals surface area contributed by atoms with E-state index in [-0.39, 0.29) is 11.5 Å². The Balaban J connectivity index is 1.65. The normalized spacial score (nSPS) is 15.6. The lowest BCUT2D eigenvalue weighted by Crippen LogP contribution is -2.37. The van der Waals surface area contributed by atoms with Crippen molar-refractivity contribution >= 4 is 11.6 Å². The summed E-state index contributed by atoms with van der Waals surface area (Å²) in [5.41, 5.74) is 1.62. The van der Waals surface area contributed by atoms with Crippen molar-refractivity contribution in [1.82, 2.24) is 15.1 Å². The average molecular weight is 340 g/mol. The monoisotopic (exact) mass is 340 g/mol. The number of anilines is 1. The Morgan fingerprint density at radius 2 is 1.92 bits per heavy atom. The first kappa shape index (κ1) is 17.2. The Kier molecular flexibility index (Phi) is 5.48. The van der Waals surface area contributed by atoms with Gasteiger partial charge in [0.1, 0.15) is 6.04 Å². The molecule has 1 aromatic heterocycles. The van der Waals surface area contributed by atoms with Gasteiger partial charge in [0.25, 0.3) is 5.56 Å². The standard InChI is InChI=1S/C19H24N4O2/c1-15(19(25)20-13-16-8-4-2-5-9-16)23-18(24)12-17(14-21-23)22-10-6-3-7-11-22/h2,4-5,8-9,12,14-15H,3,6-7,10-11,13H2,1H3,(H,20,25)/t15-/m0/s1. The molecule has 3 rings (SSSR count). The number of rotatable bonds is 5. The van der Waals surface area contributed by atoms with E-state index in [1.807, 2.05) is 30.3 Å². The lowest BCUT2D eigenvalue weighted by atomic mass is 10.1. The summed E-state index contributed by atoms with van der Waals surface area (Å²) in [5, 5.41) is 7.08. The van der Waals surface area contributed by atoms with Crippen molar-refractivity contribution < 1.29 is 4.79 Å². The summed E-state index contributed by atoms with van der Waals surface area (Å²) in [6, 6.07) is 10.6. The van der Waals surface area contributed by atoms with E-state index in [1.165, 1.54) is 11.1 Å². The highest BCUT2D eigenvalue weighted by atomic mass is 16.2. The molecule has 0 saturated carbocycles. The Hall–Kier alpha value is -2.63. The third kappa shape index (κ3) is 4.26. The van der Waals surface area contributed by atoms with E-state index in [2.05, 4.69) is 15.3 Å². The van der Waals surface area contributed by atoms with Gasteiger partial charge in [-0.3, -0.25) is 9.59 Å². The second-order valence-corrected chi connectivity index (χ2v) is 6.42. The zero-order valence-corrected chi connectivity index (χ0v) is 14.5. The van der Waals surface area contributed by atoms with Crippen LogP contribution in [0.3, 0.4) is 0 Å². The predicted molar refractivity (Wildman–Crippen MR) is 97.6 cm³/mol. The molecule has 2 aromatic rings. The highest BCUT2D eigenvalue weighted by Crippen LogP contribution is 2.17. The average Bonchev–Trinajstić information content (AvgIpc) is 2.67.